The first-order chi connectivity index (χ1) is 13.9. The third-order valence-corrected chi connectivity index (χ3v) is 5.98. The Kier molecular flexibility index (Phi) is 7.79. The number of hydrogen-bond acceptors (Lipinski definition) is 3. The summed E-state index contributed by atoms with van der Waals surface area (Å²) < 4.78 is 12.5. The predicted molar refractivity (Wildman–Crippen MR) is 130 cm³/mol. The summed E-state index contributed by atoms with van der Waals surface area (Å²) in [5, 5.41) is 5.30. The van der Waals surface area contributed by atoms with Gasteiger partial charge in [0.1, 0.15) is 6.61 Å². The molecule has 0 radical (unpaired) electrons. The molecule has 3 aromatic rings. The first-order valence-electron chi connectivity index (χ1n) is 8.80. The summed E-state index contributed by atoms with van der Waals surface area (Å²) in [7, 11) is 1.63. The Bertz CT molecular complexity index is 1030. The zero-order valence-electron chi connectivity index (χ0n) is 15.9. The molecule has 152 valence electrons. The minimum Gasteiger partial charge on any atom is -0.493 e. The lowest BCUT2D eigenvalue weighted by Crippen LogP contribution is -2.04. The van der Waals surface area contributed by atoms with E-state index in [1.165, 1.54) is 0 Å². The molecule has 0 unspecified atom stereocenters. The van der Waals surface area contributed by atoms with Gasteiger partial charge in [0.2, 0.25) is 0 Å². The van der Waals surface area contributed by atoms with Crippen LogP contribution in [0.5, 0.6) is 11.5 Å². The van der Waals surface area contributed by atoms with Gasteiger partial charge in [0.15, 0.2) is 11.5 Å². The van der Waals surface area contributed by atoms with Crippen molar-refractivity contribution in [2.45, 2.75) is 20.1 Å². The number of nitrogens with one attached hydrogen (secondary N) is 1. The molecule has 0 aliphatic rings. The van der Waals surface area contributed by atoms with Crippen molar-refractivity contribution in [3.05, 3.63) is 83.9 Å². The van der Waals surface area contributed by atoms with Crippen molar-refractivity contribution in [2.75, 3.05) is 12.4 Å². The van der Waals surface area contributed by atoms with Crippen LogP contribution in [0.15, 0.2) is 48.5 Å². The standard InChI is InChI=1S/C22H19Cl3INO2/c1-13-3-5-17(24)10-20(13)27-11-14-7-19(26)22(21(8-14)28-2)29-12-15-4-6-16(23)9-18(15)25/h3-10,27H,11-12H2,1-2H3. The number of ether oxygens (including phenoxy) is 2. The molecule has 3 nitrogen and oxygen atoms in total. The van der Waals surface area contributed by atoms with Crippen molar-refractivity contribution < 1.29 is 9.47 Å². The number of hydrogen-bond donors (Lipinski definition) is 1. The van der Waals surface area contributed by atoms with E-state index in [1.54, 1.807) is 19.2 Å². The van der Waals surface area contributed by atoms with Crippen LogP contribution in [0, 0.1) is 10.5 Å². The van der Waals surface area contributed by atoms with Crippen LogP contribution in [-0.2, 0) is 13.2 Å². The summed E-state index contributed by atoms with van der Waals surface area (Å²) in [5.41, 5.74) is 4.07. The lowest BCUT2D eigenvalue weighted by molar-refractivity contribution is 0.282. The van der Waals surface area contributed by atoms with Crippen molar-refractivity contribution >= 4 is 63.1 Å². The number of aryl methyl sites for hydroxylation is 1. The summed E-state index contributed by atoms with van der Waals surface area (Å²) in [6.07, 6.45) is 0. The number of rotatable bonds is 7. The van der Waals surface area contributed by atoms with E-state index in [0.29, 0.717) is 39.7 Å². The SMILES string of the molecule is COc1cc(CNc2cc(Cl)ccc2C)cc(I)c1OCc1ccc(Cl)cc1Cl. The molecular weight excluding hydrogens is 544 g/mol. The lowest BCUT2D eigenvalue weighted by atomic mass is 10.1. The van der Waals surface area contributed by atoms with Gasteiger partial charge in [-0.25, -0.2) is 0 Å². The smallest absolute Gasteiger partial charge is 0.174 e. The zero-order valence-corrected chi connectivity index (χ0v) is 20.3. The molecule has 1 N–H and O–H groups in total. The molecule has 7 heteroatoms. The average Bonchev–Trinajstić information content (AvgIpc) is 2.68. The van der Waals surface area contributed by atoms with E-state index in [9.17, 15) is 0 Å². The van der Waals surface area contributed by atoms with E-state index in [1.807, 2.05) is 37.3 Å². The van der Waals surface area contributed by atoms with E-state index in [0.717, 1.165) is 25.9 Å². The first kappa shape index (κ1) is 22.3. The van der Waals surface area contributed by atoms with Crippen LogP contribution in [-0.4, -0.2) is 7.11 Å². The molecule has 0 aliphatic heterocycles. The van der Waals surface area contributed by atoms with E-state index < -0.39 is 0 Å². The van der Waals surface area contributed by atoms with Gasteiger partial charge in [-0.2, -0.15) is 0 Å². The monoisotopic (exact) mass is 561 g/mol. The highest BCUT2D eigenvalue weighted by Gasteiger charge is 2.13. The van der Waals surface area contributed by atoms with Gasteiger partial charge < -0.3 is 14.8 Å². The lowest BCUT2D eigenvalue weighted by Gasteiger charge is -2.16. The van der Waals surface area contributed by atoms with Crippen molar-refractivity contribution in [3.8, 4) is 11.5 Å². The minimum absolute atomic E-state index is 0.321. The molecule has 0 amide bonds. The summed E-state index contributed by atoms with van der Waals surface area (Å²) in [5.74, 6) is 1.35. The molecule has 3 aromatic carbocycles. The number of anilines is 1. The Morgan fingerprint density at radius 3 is 2.41 bits per heavy atom. The summed E-state index contributed by atoms with van der Waals surface area (Å²) in [6.45, 7) is 3.00. The Balaban J connectivity index is 1.75. The molecule has 3 rings (SSSR count). The van der Waals surface area contributed by atoms with Crippen LogP contribution >= 0.6 is 57.4 Å². The highest BCUT2D eigenvalue weighted by Crippen LogP contribution is 2.35. The fraction of sp³-hybridized carbons (Fsp3) is 0.182. The first-order valence-corrected chi connectivity index (χ1v) is 11.0. The molecule has 0 atom stereocenters. The van der Waals surface area contributed by atoms with Crippen LogP contribution < -0.4 is 14.8 Å². The van der Waals surface area contributed by atoms with Gasteiger partial charge >= 0.3 is 0 Å². The van der Waals surface area contributed by atoms with Crippen molar-refractivity contribution in [1.29, 1.82) is 0 Å². The van der Waals surface area contributed by atoms with Crippen molar-refractivity contribution in [2.24, 2.45) is 0 Å². The van der Waals surface area contributed by atoms with Crippen LogP contribution in [0.4, 0.5) is 5.69 Å². The summed E-state index contributed by atoms with van der Waals surface area (Å²) >= 11 is 20.6. The third-order valence-electron chi connectivity index (χ3n) is 4.36. The van der Waals surface area contributed by atoms with Crippen LogP contribution in [0.1, 0.15) is 16.7 Å². The number of methoxy groups -OCH3 is 1. The molecule has 0 aromatic heterocycles. The van der Waals surface area contributed by atoms with Crippen LogP contribution in [0.25, 0.3) is 0 Å². The number of halogens is 4. The maximum Gasteiger partial charge on any atom is 0.174 e. The zero-order chi connectivity index (χ0) is 21.0. The Hall–Kier alpha value is -1.34. The number of benzene rings is 3. The Morgan fingerprint density at radius 2 is 1.69 bits per heavy atom. The highest BCUT2D eigenvalue weighted by molar-refractivity contribution is 14.1. The maximum absolute atomic E-state index is 6.24. The fourth-order valence-electron chi connectivity index (χ4n) is 2.79. The molecule has 0 saturated heterocycles. The average molecular weight is 563 g/mol. The maximum atomic E-state index is 6.24. The second-order valence-corrected chi connectivity index (χ2v) is 8.89. The molecular formula is C22H19Cl3INO2. The normalized spacial score (nSPS) is 10.7. The highest BCUT2D eigenvalue weighted by atomic mass is 127. The summed E-state index contributed by atoms with van der Waals surface area (Å²) in [6, 6.07) is 15.2. The van der Waals surface area contributed by atoms with Crippen molar-refractivity contribution in [1.82, 2.24) is 0 Å². The molecule has 0 saturated carbocycles. The topological polar surface area (TPSA) is 30.5 Å². The quantitative estimate of drug-likeness (QED) is 0.299. The van der Waals surface area contributed by atoms with E-state index in [-0.39, 0.29) is 0 Å². The van der Waals surface area contributed by atoms with Gasteiger partial charge in [0, 0.05) is 32.9 Å². The third kappa shape index (κ3) is 5.85. The van der Waals surface area contributed by atoms with Gasteiger partial charge in [0.25, 0.3) is 0 Å². The van der Waals surface area contributed by atoms with Gasteiger partial charge in [-0.15, -0.1) is 0 Å². The Morgan fingerprint density at radius 1 is 0.966 bits per heavy atom. The van der Waals surface area contributed by atoms with E-state index in [2.05, 4.69) is 34.0 Å². The van der Waals surface area contributed by atoms with Crippen molar-refractivity contribution in [3.63, 3.8) is 0 Å². The van der Waals surface area contributed by atoms with E-state index in [4.69, 9.17) is 44.3 Å². The van der Waals surface area contributed by atoms with Crippen LogP contribution in [0.2, 0.25) is 15.1 Å². The predicted octanol–water partition coefficient (Wildman–Crippen LogP) is 7.76. The van der Waals surface area contributed by atoms with Gasteiger partial charge in [0.05, 0.1) is 10.7 Å². The van der Waals surface area contributed by atoms with Crippen LogP contribution in [0.3, 0.4) is 0 Å². The second kappa shape index (κ2) is 10.1. The Labute approximate surface area is 199 Å². The second-order valence-electron chi connectivity index (χ2n) is 6.45. The minimum atomic E-state index is 0.321. The van der Waals surface area contributed by atoms with Gasteiger partial charge in [-0.1, -0.05) is 46.9 Å². The molecule has 29 heavy (non-hydrogen) atoms. The van der Waals surface area contributed by atoms with Gasteiger partial charge in [-0.05, 0) is 77.0 Å². The van der Waals surface area contributed by atoms with E-state index >= 15 is 0 Å². The fourth-order valence-corrected chi connectivity index (χ4v) is 4.24. The largest absolute Gasteiger partial charge is 0.493 e. The molecule has 0 heterocycles. The molecule has 0 fully saturated rings. The summed E-state index contributed by atoms with van der Waals surface area (Å²) in [4.78, 5) is 0. The molecule has 0 aliphatic carbocycles. The molecule has 0 bridgehead atoms. The molecule has 0 spiro atoms. The van der Waals surface area contributed by atoms with Gasteiger partial charge in [-0.3, -0.25) is 0 Å².